The smallest absolute Gasteiger partial charge is 0.341 e. The molecule has 0 bridgehead atoms. The number of hydrogen-bond donors (Lipinski definition) is 1. The predicted octanol–water partition coefficient (Wildman–Crippen LogP) is 4.94. The number of carbonyl (C=O) groups is 2. The van der Waals surface area contributed by atoms with E-state index in [9.17, 15) is 9.59 Å². The highest BCUT2D eigenvalue weighted by atomic mass is 32.1. The summed E-state index contributed by atoms with van der Waals surface area (Å²) < 4.78 is 4.99. The number of nitrogens with one attached hydrogen (secondary N) is 1. The molecule has 1 heterocycles. The Morgan fingerprint density at radius 1 is 0.970 bits per heavy atom. The lowest BCUT2D eigenvalue weighted by molar-refractivity contribution is 0.0601. The van der Waals surface area contributed by atoms with Gasteiger partial charge < -0.3 is 19.9 Å². The summed E-state index contributed by atoms with van der Waals surface area (Å²) in [7, 11) is 4.68. The number of amides is 1. The summed E-state index contributed by atoms with van der Waals surface area (Å²) >= 11 is 6.99. The molecule has 0 spiro atoms. The molecule has 0 aliphatic heterocycles. The molecule has 6 nitrogen and oxygen atoms in total. The van der Waals surface area contributed by atoms with Crippen LogP contribution in [-0.4, -0.2) is 48.0 Å². The molecule has 0 fully saturated rings. The molecule has 0 saturated heterocycles. The fourth-order valence-electron chi connectivity index (χ4n) is 3.34. The van der Waals surface area contributed by atoms with Gasteiger partial charge in [0.05, 0.1) is 17.6 Å². The number of thiophene rings is 1. The van der Waals surface area contributed by atoms with Crippen molar-refractivity contribution in [3.05, 3.63) is 87.8 Å². The van der Waals surface area contributed by atoms with Gasteiger partial charge in [0, 0.05) is 27.2 Å². The fraction of sp³-hybridized carbons (Fsp3) is 0.240. The molecule has 0 aliphatic rings. The molecule has 1 amide bonds. The van der Waals surface area contributed by atoms with E-state index in [1.807, 2.05) is 65.6 Å². The number of anilines is 1. The molecule has 0 saturated carbocycles. The number of hydrogen-bond acceptors (Lipinski definition) is 5. The summed E-state index contributed by atoms with van der Waals surface area (Å²) in [6.45, 7) is 2.92. The van der Waals surface area contributed by atoms with Crippen LogP contribution in [0.1, 0.15) is 36.7 Å². The van der Waals surface area contributed by atoms with Gasteiger partial charge in [-0.1, -0.05) is 60.7 Å². The second kappa shape index (κ2) is 11.1. The summed E-state index contributed by atoms with van der Waals surface area (Å²) in [5.41, 5.74) is 3.12. The first-order valence-electron chi connectivity index (χ1n) is 10.4. The third kappa shape index (κ3) is 5.97. The van der Waals surface area contributed by atoms with Gasteiger partial charge in [-0.25, -0.2) is 4.79 Å². The summed E-state index contributed by atoms with van der Waals surface area (Å²) in [5, 5.41) is 4.18. The Hall–Kier alpha value is -3.23. The lowest BCUT2D eigenvalue weighted by atomic mass is 10.1. The van der Waals surface area contributed by atoms with Crippen molar-refractivity contribution in [1.29, 1.82) is 0 Å². The van der Waals surface area contributed by atoms with E-state index in [2.05, 4.69) is 5.32 Å². The van der Waals surface area contributed by atoms with Gasteiger partial charge in [0.1, 0.15) is 5.00 Å². The molecule has 3 aromatic rings. The molecule has 3 rings (SSSR count). The van der Waals surface area contributed by atoms with Crippen molar-refractivity contribution in [2.45, 2.75) is 20.0 Å². The minimum atomic E-state index is -0.510. The van der Waals surface area contributed by atoms with Crippen molar-refractivity contribution in [2.24, 2.45) is 0 Å². The number of thiocarbonyl (C=S) groups is 1. The molecular formula is C25H27N3O3S2. The fourth-order valence-corrected chi connectivity index (χ4v) is 4.85. The molecule has 0 radical (unpaired) electrons. The lowest BCUT2D eigenvalue weighted by Crippen LogP contribution is -2.34. The molecular weight excluding hydrogens is 454 g/mol. The minimum Gasteiger partial charge on any atom is -0.465 e. The molecule has 1 N–H and O–H groups in total. The number of benzene rings is 2. The first kappa shape index (κ1) is 24.4. The van der Waals surface area contributed by atoms with Gasteiger partial charge in [0.2, 0.25) is 0 Å². The van der Waals surface area contributed by atoms with Crippen LogP contribution in [-0.2, 0) is 17.8 Å². The Kier molecular flexibility index (Phi) is 8.19. The average Bonchev–Trinajstić information content (AvgIpc) is 3.14. The highest BCUT2D eigenvalue weighted by molar-refractivity contribution is 7.80. The van der Waals surface area contributed by atoms with Crippen LogP contribution in [0.2, 0.25) is 0 Å². The van der Waals surface area contributed by atoms with Crippen molar-refractivity contribution in [3.63, 3.8) is 0 Å². The van der Waals surface area contributed by atoms with E-state index in [4.69, 9.17) is 17.0 Å². The van der Waals surface area contributed by atoms with Gasteiger partial charge in [-0.3, -0.25) is 4.79 Å². The second-order valence-corrected chi connectivity index (χ2v) is 9.12. The molecule has 172 valence electrons. The number of esters is 1. The van der Waals surface area contributed by atoms with Crippen LogP contribution in [0.5, 0.6) is 0 Å². The van der Waals surface area contributed by atoms with Gasteiger partial charge in [-0.2, -0.15) is 0 Å². The van der Waals surface area contributed by atoms with Crippen LogP contribution in [0.15, 0.2) is 60.7 Å². The zero-order valence-corrected chi connectivity index (χ0v) is 20.8. The summed E-state index contributed by atoms with van der Waals surface area (Å²) in [4.78, 5) is 29.2. The van der Waals surface area contributed by atoms with E-state index in [1.54, 1.807) is 21.0 Å². The molecule has 0 unspecified atom stereocenters. The molecule has 0 atom stereocenters. The third-order valence-corrected chi connectivity index (χ3v) is 6.63. The molecule has 0 aliphatic carbocycles. The van der Waals surface area contributed by atoms with Gasteiger partial charge in [-0.15, -0.1) is 11.3 Å². The van der Waals surface area contributed by atoms with Gasteiger partial charge in [0.25, 0.3) is 5.91 Å². The van der Waals surface area contributed by atoms with Gasteiger partial charge in [-0.05, 0) is 35.8 Å². The average molecular weight is 482 g/mol. The van der Waals surface area contributed by atoms with E-state index in [0.29, 0.717) is 39.2 Å². The van der Waals surface area contributed by atoms with Crippen LogP contribution in [0.4, 0.5) is 5.00 Å². The Bertz CT molecular complexity index is 1090. The highest BCUT2D eigenvalue weighted by Crippen LogP contribution is 2.34. The van der Waals surface area contributed by atoms with Crippen molar-refractivity contribution in [1.82, 2.24) is 9.80 Å². The van der Waals surface area contributed by atoms with Crippen LogP contribution in [0, 0.1) is 6.92 Å². The van der Waals surface area contributed by atoms with Gasteiger partial charge in [0.15, 0.2) is 5.11 Å². The Morgan fingerprint density at radius 2 is 1.48 bits per heavy atom. The molecule has 1 aromatic heterocycles. The van der Waals surface area contributed by atoms with Crippen LogP contribution >= 0.6 is 23.6 Å². The van der Waals surface area contributed by atoms with Crippen molar-refractivity contribution in [3.8, 4) is 0 Å². The third-order valence-electron chi connectivity index (χ3n) is 5.08. The normalized spacial score (nSPS) is 10.4. The zero-order valence-electron chi connectivity index (χ0n) is 19.1. The number of methoxy groups -OCH3 is 1. The standard InChI is InChI=1S/C25H27N3O3S2/c1-17-20(24(30)31-4)22(33-21(17)23(29)27(2)3)26-25(32)28(15-18-11-7-5-8-12-18)16-19-13-9-6-10-14-19/h5-14H,15-16H2,1-4H3,(H,26,32). The van der Waals surface area contributed by atoms with E-state index < -0.39 is 5.97 Å². The first-order chi connectivity index (χ1) is 15.8. The maximum Gasteiger partial charge on any atom is 0.341 e. The topological polar surface area (TPSA) is 61.9 Å². The quantitative estimate of drug-likeness (QED) is 0.381. The summed E-state index contributed by atoms with van der Waals surface area (Å²) in [5.74, 6) is -0.684. The van der Waals surface area contributed by atoms with Crippen molar-refractivity contribution >= 4 is 45.5 Å². The monoisotopic (exact) mass is 481 g/mol. The predicted molar refractivity (Wildman–Crippen MR) is 137 cm³/mol. The number of nitrogens with zero attached hydrogens (tertiary/aromatic N) is 2. The number of carbonyl (C=O) groups excluding carboxylic acids is 2. The molecule has 8 heteroatoms. The summed E-state index contributed by atoms with van der Waals surface area (Å²) in [6.07, 6.45) is 0. The maximum atomic E-state index is 12.7. The molecule has 33 heavy (non-hydrogen) atoms. The first-order valence-corrected chi connectivity index (χ1v) is 11.6. The second-order valence-electron chi connectivity index (χ2n) is 7.71. The van der Waals surface area contributed by atoms with Gasteiger partial charge >= 0.3 is 5.97 Å². The number of rotatable bonds is 7. The van der Waals surface area contributed by atoms with Crippen LogP contribution in [0.3, 0.4) is 0 Å². The Balaban J connectivity index is 1.94. The van der Waals surface area contributed by atoms with E-state index in [-0.39, 0.29) is 5.91 Å². The van der Waals surface area contributed by atoms with E-state index in [1.165, 1.54) is 23.3 Å². The zero-order chi connectivity index (χ0) is 24.0. The van der Waals surface area contributed by atoms with Crippen molar-refractivity contribution < 1.29 is 14.3 Å². The number of ether oxygens (including phenoxy) is 1. The molecule has 2 aromatic carbocycles. The SMILES string of the molecule is COC(=O)c1c(NC(=S)N(Cc2ccccc2)Cc2ccccc2)sc(C(=O)N(C)C)c1C. The largest absolute Gasteiger partial charge is 0.465 e. The van der Waals surface area contributed by atoms with E-state index >= 15 is 0 Å². The lowest BCUT2D eigenvalue weighted by Gasteiger charge is -2.26. The maximum absolute atomic E-state index is 12.7. The minimum absolute atomic E-state index is 0.174. The van der Waals surface area contributed by atoms with E-state index in [0.717, 1.165) is 11.1 Å². The highest BCUT2D eigenvalue weighted by Gasteiger charge is 2.27. The van der Waals surface area contributed by atoms with Crippen LogP contribution in [0.25, 0.3) is 0 Å². The Labute approximate surface area is 203 Å². The van der Waals surface area contributed by atoms with Crippen LogP contribution < -0.4 is 5.32 Å². The Morgan fingerprint density at radius 3 is 1.94 bits per heavy atom. The summed E-state index contributed by atoms with van der Waals surface area (Å²) in [6, 6.07) is 20.1. The van der Waals surface area contributed by atoms with Crippen molar-refractivity contribution in [2.75, 3.05) is 26.5 Å².